The van der Waals surface area contributed by atoms with Crippen molar-refractivity contribution in [1.82, 2.24) is 0 Å². The Balaban J connectivity index is 1.69. The molecular formula is C22H30O4. The number of aryl methyl sites for hydroxylation is 1. The average molecular weight is 358 g/mol. The molecule has 0 amide bonds. The molecule has 2 aromatic rings. The molecule has 4 heteroatoms. The molecule has 142 valence electrons. The molecule has 0 aromatic heterocycles. The highest BCUT2D eigenvalue weighted by Gasteiger charge is 2.26. The van der Waals surface area contributed by atoms with Crippen LogP contribution in [0.5, 0.6) is 0 Å². The van der Waals surface area contributed by atoms with Crippen LogP contribution < -0.4 is 0 Å². The van der Waals surface area contributed by atoms with Crippen LogP contribution >= 0.6 is 0 Å². The van der Waals surface area contributed by atoms with Gasteiger partial charge >= 0.3 is 5.97 Å². The highest BCUT2D eigenvalue weighted by Crippen LogP contribution is 2.21. The lowest BCUT2D eigenvalue weighted by Crippen LogP contribution is -2.32. The smallest absolute Gasteiger partial charge is 0.313 e. The topological polar surface area (TPSA) is 66.8 Å². The fraction of sp³-hybridized carbons (Fsp3) is 0.500. The number of carbonyl (C=O) groups is 1. The van der Waals surface area contributed by atoms with Gasteiger partial charge in [-0.3, -0.25) is 4.79 Å². The number of aliphatic hydroxyl groups is 2. The Bertz CT molecular complexity index is 677. The fourth-order valence-corrected chi connectivity index (χ4v) is 3.34. The van der Waals surface area contributed by atoms with Crippen molar-refractivity contribution in [2.45, 2.75) is 51.6 Å². The molecule has 4 nitrogen and oxygen atoms in total. The largest absolute Gasteiger partial charge is 0.466 e. The molecule has 0 radical (unpaired) electrons. The van der Waals surface area contributed by atoms with Crippen molar-refractivity contribution in [2.24, 2.45) is 5.92 Å². The summed E-state index contributed by atoms with van der Waals surface area (Å²) in [5.41, 5.74) is 1.38. The van der Waals surface area contributed by atoms with Gasteiger partial charge in [-0.2, -0.15) is 0 Å². The number of fused-ring (bicyclic) bond motifs is 1. The maximum Gasteiger partial charge on any atom is 0.313 e. The van der Waals surface area contributed by atoms with Crippen molar-refractivity contribution in [3.05, 3.63) is 48.0 Å². The second-order valence-corrected chi connectivity index (χ2v) is 6.70. The highest BCUT2D eigenvalue weighted by atomic mass is 16.5. The van der Waals surface area contributed by atoms with Crippen LogP contribution in [0.4, 0.5) is 0 Å². The van der Waals surface area contributed by atoms with Gasteiger partial charge in [0.1, 0.15) is 5.92 Å². The quantitative estimate of drug-likeness (QED) is 0.473. The Kier molecular flexibility index (Phi) is 8.59. The zero-order chi connectivity index (χ0) is 18.8. The van der Waals surface area contributed by atoms with Gasteiger partial charge in [-0.15, -0.1) is 0 Å². The Hall–Kier alpha value is -1.91. The molecule has 26 heavy (non-hydrogen) atoms. The molecule has 0 saturated carbocycles. The van der Waals surface area contributed by atoms with Gasteiger partial charge in [-0.05, 0) is 42.5 Å². The van der Waals surface area contributed by atoms with Crippen molar-refractivity contribution >= 4 is 16.7 Å². The van der Waals surface area contributed by atoms with E-state index in [2.05, 4.69) is 42.5 Å². The minimum absolute atomic E-state index is 0.260. The van der Waals surface area contributed by atoms with E-state index < -0.39 is 18.0 Å². The Labute approximate surface area is 155 Å². The predicted molar refractivity (Wildman–Crippen MR) is 104 cm³/mol. The average Bonchev–Trinajstić information content (AvgIpc) is 2.65. The van der Waals surface area contributed by atoms with Gasteiger partial charge in [-0.25, -0.2) is 0 Å². The number of hydrogen-bond acceptors (Lipinski definition) is 4. The van der Waals surface area contributed by atoms with Gasteiger partial charge in [-0.1, -0.05) is 61.7 Å². The number of hydrogen-bond donors (Lipinski definition) is 2. The second kappa shape index (κ2) is 10.9. The molecule has 2 aromatic carbocycles. The summed E-state index contributed by atoms with van der Waals surface area (Å²) in [7, 11) is 0. The van der Waals surface area contributed by atoms with E-state index in [9.17, 15) is 15.0 Å². The summed E-state index contributed by atoms with van der Waals surface area (Å²) in [6.45, 7) is 1.60. The van der Waals surface area contributed by atoms with Crippen molar-refractivity contribution in [3.63, 3.8) is 0 Å². The number of unbranched alkanes of at least 4 members (excludes halogenated alkanes) is 3. The van der Waals surface area contributed by atoms with E-state index in [1.54, 1.807) is 6.92 Å². The minimum atomic E-state index is -0.836. The molecule has 0 unspecified atom stereocenters. The number of carbonyl (C=O) groups excluding carboxylic acids is 1. The molecular weight excluding hydrogens is 328 g/mol. The molecule has 0 bridgehead atoms. The lowest BCUT2D eigenvalue weighted by atomic mass is 9.96. The molecule has 2 atom stereocenters. The van der Waals surface area contributed by atoms with E-state index in [0.29, 0.717) is 6.42 Å². The number of rotatable bonds is 11. The molecule has 0 aliphatic carbocycles. The number of aliphatic hydroxyl groups excluding tert-OH is 2. The monoisotopic (exact) mass is 358 g/mol. The maximum absolute atomic E-state index is 11.7. The van der Waals surface area contributed by atoms with Crippen LogP contribution in [-0.4, -0.2) is 35.5 Å². The first-order valence-electron chi connectivity index (χ1n) is 9.59. The highest BCUT2D eigenvalue weighted by molar-refractivity contribution is 5.85. The van der Waals surface area contributed by atoms with E-state index in [0.717, 1.165) is 32.1 Å². The maximum atomic E-state index is 11.7. The summed E-state index contributed by atoms with van der Waals surface area (Å²) >= 11 is 0. The fourth-order valence-electron chi connectivity index (χ4n) is 3.34. The molecule has 0 fully saturated rings. The van der Waals surface area contributed by atoms with E-state index in [4.69, 9.17) is 4.74 Å². The molecule has 0 aliphatic rings. The van der Waals surface area contributed by atoms with Gasteiger partial charge in [0.25, 0.3) is 0 Å². The zero-order valence-corrected chi connectivity index (χ0v) is 15.6. The van der Waals surface area contributed by atoms with Crippen LogP contribution in [0.15, 0.2) is 42.5 Å². The Morgan fingerprint density at radius 3 is 2.54 bits per heavy atom. The summed E-state index contributed by atoms with van der Waals surface area (Å²) in [5, 5.41) is 22.0. The van der Waals surface area contributed by atoms with Gasteiger partial charge in [0.2, 0.25) is 0 Å². The zero-order valence-electron chi connectivity index (χ0n) is 15.6. The molecule has 0 spiro atoms. The number of benzene rings is 2. The molecule has 0 saturated heterocycles. The van der Waals surface area contributed by atoms with Crippen molar-refractivity contribution in [1.29, 1.82) is 0 Å². The lowest BCUT2D eigenvalue weighted by Gasteiger charge is -2.19. The van der Waals surface area contributed by atoms with E-state index in [-0.39, 0.29) is 13.2 Å². The van der Waals surface area contributed by atoms with Crippen molar-refractivity contribution in [3.8, 4) is 0 Å². The molecule has 2 N–H and O–H groups in total. The van der Waals surface area contributed by atoms with Gasteiger partial charge in [0.05, 0.1) is 19.3 Å². The standard InChI is InChI=1S/C22H30O4/c1-2-26-22(25)20(16-23)21(24)15-6-4-3-5-10-17-12-9-13-18-11-7-8-14-19(17)18/h7-9,11-14,20-21,23-24H,2-6,10,15-16H2,1H3/t20-,21-/m0/s1. The number of esters is 1. The summed E-state index contributed by atoms with van der Waals surface area (Å²) in [6, 6.07) is 14.9. The molecule has 0 aliphatic heterocycles. The first-order valence-corrected chi connectivity index (χ1v) is 9.59. The third-order valence-corrected chi connectivity index (χ3v) is 4.83. The lowest BCUT2D eigenvalue weighted by molar-refractivity contribution is -0.154. The third kappa shape index (κ3) is 5.82. The summed E-state index contributed by atoms with van der Waals surface area (Å²) in [6.07, 6.45) is 4.75. The minimum Gasteiger partial charge on any atom is -0.466 e. The van der Waals surface area contributed by atoms with Crippen LogP contribution in [0, 0.1) is 5.92 Å². The summed E-state index contributed by atoms with van der Waals surface area (Å²) in [4.78, 5) is 11.7. The Morgan fingerprint density at radius 1 is 1.04 bits per heavy atom. The number of ether oxygens (including phenoxy) is 1. The molecule has 2 rings (SSSR count). The summed E-state index contributed by atoms with van der Waals surface area (Å²) in [5.74, 6) is -1.34. The van der Waals surface area contributed by atoms with Gasteiger partial charge in [0.15, 0.2) is 0 Å². The van der Waals surface area contributed by atoms with Crippen LogP contribution in [0.25, 0.3) is 10.8 Å². The van der Waals surface area contributed by atoms with Gasteiger partial charge in [0, 0.05) is 0 Å². The SMILES string of the molecule is CCOC(=O)[C@@H](CO)[C@@H](O)CCCCCCc1cccc2ccccc12. The normalized spacial score (nSPS) is 13.5. The van der Waals surface area contributed by atoms with Crippen molar-refractivity contribution in [2.75, 3.05) is 13.2 Å². The predicted octanol–water partition coefficient (Wildman–Crippen LogP) is 3.87. The van der Waals surface area contributed by atoms with E-state index in [1.165, 1.54) is 16.3 Å². The van der Waals surface area contributed by atoms with Crippen molar-refractivity contribution < 1.29 is 19.7 Å². The third-order valence-electron chi connectivity index (χ3n) is 4.83. The first-order chi connectivity index (χ1) is 12.7. The van der Waals surface area contributed by atoms with Crippen LogP contribution in [0.2, 0.25) is 0 Å². The van der Waals surface area contributed by atoms with Crippen LogP contribution in [-0.2, 0) is 16.0 Å². The van der Waals surface area contributed by atoms with Crippen LogP contribution in [0.3, 0.4) is 0 Å². The van der Waals surface area contributed by atoms with Crippen LogP contribution in [0.1, 0.15) is 44.6 Å². The first kappa shape index (κ1) is 20.4. The summed E-state index contributed by atoms with van der Waals surface area (Å²) < 4.78 is 4.89. The van der Waals surface area contributed by atoms with Gasteiger partial charge < -0.3 is 14.9 Å². The Morgan fingerprint density at radius 2 is 1.77 bits per heavy atom. The molecule has 0 heterocycles. The van der Waals surface area contributed by atoms with E-state index >= 15 is 0 Å². The van der Waals surface area contributed by atoms with E-state index in [1.807, 2.05) is 0 Å². The second-order valence-electron chi connectivity index (χ2n) is 6.70.